The zero-order valence-electron chi connectivity index (χ0n) is 5.99. The highest BCUT2D eigenvalue weighted by molar-refractivity contribution is 5.31. The number of halogens is 5. The standard InChI is InChI=1S/C7H3F5O/c8-5-3(7(10,11)12)1-2-4(13)6(5)9/h1-2,13H. The quantitative estimate of drug-likeness (QED) is 0.635. The molecule has 72 valence electrons. The van der Waals surface area contributed by atoms with Crippen molar-refractivity contribution < 1.29 is 27.1 Å². The number of phenolic OH excluding ortho intramolecular Hbond substituents is 1. The highest BCUT2D eigenvalue weighted by Crippen LogP contribution is 2.34. The van der Waals surface area contributed by atoms with Gasteiger partial charge >= 0.3 is 6.18 Å². The lowest BCUT2D eigenvalue weighted by molar-refractivity contribution is -0.140. The summed E-state index contributed by atoms with van der Waals surface area (Å²) in [4.78, 5) is 0. The number of hydrogen-bond acceptors (Lipinski definition) is 1. The molecule has 0 spiro atoms. The Morgan fingerprint density at radius 3 is 2.00 bits per heavy atom. The largest absolute Gasteiger partial charge is 0.505 e. The van der Waals surface area contributed by atoms with Crippen molar-refractivity contribution in [3.8, 4) is 5.75 Å². The zero-order valence-corrected chi connectivity index (χ0v) is 5.99. The third-order valence-electron chi connectivity index (χ3n) is 1.37. The third-order valence-corrected chi connectivity index (χ3v) is 1.37. The van der Waals surface area contributed by atoms with E-state index in [9.17, 15) is 22.0 Å². The van der Waals surface area contributed by atoms with Crippen LogP contribution in [-0.2, 0) is 6.18 Å². The molecular weight excluding hydrogens is 195 g/mol. The van der Waals surface area contributed by atoms with Crippen LogP contribution in [0.5, 0.6) is 5.75 Å². The lowest BCUT2D eigenvalue weighted by atomic mass is 10.2. The zero-order chi connectivity index (χ0) is 10.2. The summed E-state index contributed by atoms with van der Waals surface area (Å²) in [6, 6.07) is 0.717. The lowest BCUT2D eigenvalue weighted by Gasteiger charge is -2.08. The summed E-state index contributed by atoms with van der Waals surface area (Å²) in [5.74, 6) is -5.13. The van der Waals surface area contributed by atoms with E-state index in [0.717, 1.165) is 0 Å². The Hall–Kier alpha value is -1.33. The fourth-order valence-corrected chi connectivity index (χ4v) is 0.758. The van der Waals surface area contributed by atoms with Gasteiger partial charge in [-0.1, -0.05) is 0 Å². The van der Waals surface area contributed by atoms with Gasteiger partial charge in [0.1, 0.15) is 0 Å². The second-order valence-electron chi connectivity index (χ2n) is 2.26. The molecule has 13 heavy (non-hydrogen) atoms. The van der Waals surface area contributed by atoms with E-state index in [4.69, 9.17) is 5.11 Å². The van der Waals surface area contributed by atoms with Crippen LogP contribution in [0.3, 0.4) is 0 Å². The first-order valence-electron chi connectivity index (χ1n) is 3.08. The monoisotopic (exact) mass is 198 g/mol. The van der Waals surface area contributed by atoms with Crippen molar-refractivity contribution in [3.63, 3.8) is 0 Å². The van der Waals surface area contributed by atoms with Gasteiger partial charge in [0.2, 0.25) is 5.82 Å². The molecule has 0 aliphatic heterocycles. The van der Waals surface area contributed by atoms with Gasteiger partial charge in [0.05, 0.1) is 5.56 Å². The molecule has 1 nitrogen and oxygen atoms in total. The molecule has 0 radical (unpaired) electrons. The maximum Gasteiger partial charge on any atom is 0.419 e. The van der Waals surface area contributed by atoms with Gasteiger partial charge < -0.3 is 5.11 Å². The van der Waals surface area contributed by atoms with Gasteiger partial charge in [-0.2, -0.15) is 17.6 Å². The molecule has 0 amide bonds. The average molecular weight is 198 g/mol. The van der Waals surface area contributed by atoms with E-state index in [1.165, 1.54) is 0 Å². The molecule has 0 unspecified atom stereocenters. The first-order chi connectivity index (χ1) is 5.84. The van der Waals surface area contributed by atoms with Gasteiger partial charge in [-0.05, 0) is 12.1 Å². The minimum atomic E-state index is -4.96. The fraction of sp³-hybridized carbons (Fsp3) is 0.143. The van der Waals surface area contributed by atoms with Gasteiger partial charge in [-0.15, -0.1) is 0 Å². The molecule has 0 aliphatic carbocycles. The molecule has 1 aromatic carbocycles. The first-order valence-corrected chi connectivity index (χ1v) is 3.08. The summed E-state index contributed by atoms with van der Waals surface area (Å²) >= 11 is 0. The van der Waals surface area contributed by atoms with Crippen molar-refractivity contribution in [2.24, 2.45) is 0 Å². The van der Waals surface area contributed by atoms with Crippen LogP contribution in [0.2, 0.25) is 0 Å². The Bertz CT molecular complexity index is 330. The van der Waals surface area contributed by atoms with Crippen LogP contribution in [0.1, 0.15) is 5.56 Å². The maximum absolute atomic E-state index is 12.5. The van der Waals surface area contributed by atoms with Crippen LogP contribution in [0.15, 0.2) is 12.1 Å². The van der Waals surface area contributed by atoms with Gasteiger partial charge in [0.15, 0.2) is 11.6 Å². The molecule has 0 saturated heterocycles. The Kier molecular flexibility index (Phi) is 2.15. The number of hydrogen-bond donors (Lipinski definition) is 1. The Morgan fingerprint density at radius 1 is 1.00 bits per heavy atom. The Labute approximate surface area is 69.4 Å². The van der Waals surface area contributed by atoms with Gasteiger partial charge in [0, 0.05) is 0 Å². The molecule has 0 heterocycles. The van der Waals surface area contributed by atoms with E-state index in [0.29, 0.717) is 6.07 Å². The van der Waals surface area contributed by atoms with Crippen molar-refractivity contribution in [2.75, 3.05) is 0 Å². The van der Waals surface area contributed by atoms with Crippen LogP contribution < -0.4 is 0 Å². The fourth-order valence-electron chi connectivity index (χ4n) is 0.758. The predicted molar refractivity (Wildman–Crippen MR) is 33.0 cm³/mol. The SMILES string of the molecule is Oc1ccc(C(F)(F)F)c(F)c1F. The van der Waals surface area contributed by atoms with Crippen LogP contribution in [-0.4, -0.2) is 5.11 Å². The molecule has 0 bridgehead atoms. The lowest BCUT2D eigenvalue weighted by Crippen LogP contribution is -2.09. The molecule has 0 aliphatic rings. The number of alkyl halides is 3. The van der Waals surface area contributed by atoms with Crippen molar-refractivity contribution in [2.45, 2.75) is 6.18 Å². The van der Waals surface area contributed by atoms with Crippen LogP contribution >= 0.6 is 0 Å². The van der Waals surface area contributed by atoms with Crippen molar-refractivity contribution in [1.29, 1.82) is 0 Å². The summed E-state index contributed by atoms with van der Waals surface area (Å²) in [5, 5.41) is 8.51. The number of aromatic hydroxyl groups is 1. The smallest absolute Gasteiger partial charge is 0.419 e. The van der Waals surface area contributed by atoms with Crippen molar-refractivity contribution in [1.82, 2.24) is 0 Å². The predicted octanol–water partition coefficient (Wildman–Crippen LogP) is 2.69. The molecule has 1 rings (SSSR count). The normalized spacial score (nSPS) is 11.8. The van der Waals surface area contributed by atoms with Gasteiger partial charge in [-0.25, -0.2) is 4.39 Å². The minimum Gasteiger partial charge on any atom is -0.505 e. The third kappa shape index (κ3) is 1.71. The highest BCUT2D eigenvalue weighted by atomic mass is 19.4. The van der Waals surface area contributed by atoms with Crippen LogP contribution in [0, 0.1) is 11.6 Å². The number of rotatable bonds is 0. The summed E-state index contributed by atoms with van der Waals surface area (Å²) in [7, 11) is 0. The summed E-state index contributed by atoms with van der Waals surface area (Å²) in [6.45, 7) is 0. The molecule has 0 atom stereocenters. The van der Waals surface area contributed by atoms with E-state index in [-0.39, 0.29) is 6.07 Å². The molecule has 0 aromatic heterocycles. The van der Waals surface area contributed by atoms with Crippen molar-refractivity contribution in [3.05, 3.63) is 29.3 Å². The molecule has 1 aromatic rings. The van der Waals surface area contributed by atoms with Crippen LogP contribution in [0.25, 0.3) is 0 Å². The highest BCUT2D eigenvalue weighted by Gasteiger charge is 2.35. The molecule has 1 N–H and O–H groups in total. The van der Waals surface area contributed by atoms with Gasteiger partial charge in [-0.3, -0.25) is 0 Å². The number of phenols is 1. The van der Waals surface area contributed by atoms with E-state index >= 15 is 0 Å². The van der Waals surface area contributed by atoms with Crippen molar-refractivity contribution >= 4 is 0 Å². The molecule has 6 heteroatoms. The van der Waals surface area contributed by atoms with Gasteiger partial charge in [0.25, 0.3) is 0 Å². The Morgan fingerprint density at radius 2 is 1.54 bits per heavy atom. The first kappa shape index (κ1) is 9.76. The molecular formula is C7H3F5O. The second kappa shape index (κ2) is 2.86. The average Bonchev–Trinajstić information content (AvgIpc) is 1.98. The van der Waals surface area contributed by atoms with E-state index in [1.807, 2.05) is 0 Å². The summed E-state index contributed by atoms with van der Waals surface area (Å²) < 4.78 is 60.5. The number of benzene rings is 1. The minimum absolute atomic E-state index is 0.272. The topological polar surface area (TPSA) is 20.2 Å². The van der Waals surface area contributed by atoms with Crippen LogP contribution in [0.4, 0.5) is 22.0 Å². The summed E-state index contributed by atoms with van der Waals surface area (Å²) in [5.41, 5.74) is -1.73. The van der Waals surface area contributed by atoms with E-state index < -0.39 is 29.1 Å². The van der Waals surface area contributed by atoms with E-state index in [2.05, 4.69) is 0 Å². The Balaban J connectivity index is 3.35. The summed E-state index contributed by atoms with van der Waals surface area (Å²) in [6.07, 6.45) is -4.96. The maximum atomic E-state index is 12.5. The molecule has 0 saturated carbocycles. The second-order valence-corrected chi connectivity index (χ2v) is 2.26. The molecule has 0 fully saturated rings. The van der Waals surface area contributed by atoms with E-state index in [1.54, 1.807) is 0 Å².